The van der Waals surface area contributed by atoms with Crippen molar-refractivity contribution in [3.63, 3.8) is 0 Å². The number of nitrogens with one attached hydrogen (secondary N) is 1. The highest BCUT2D eigenvalue weighted by Crippen LogP contribution is 2.13. The van der Waals surface area contributed by atoms with Crippen LogP contribution in [-0.2, 0) is 6.54 Å². The van der Waals surface area contributed by atoms with Crippen molar-refractivity contribution in [2.24, 2.45) is 0 Å². The molecule has 0 bridgehead atoms. The fraction of sp³-hybridized carbons (Fsp3) is 0.500. The average molecular weight is 256 g/mol. The molecule has 4 heteroatoms. The fourth-order valence-electron chi connectivity index (χ4n) is 1.54. The van der Waals surface area contributed by atoms with Gasteiger partial charge >= 0.3 is 0 Å². The monoisotopic (exact) mass is 255 g/mol. The molecule has 3 nitrogen and oxygen atoms in total. The molecule has 2 heterocycles. The molecule has 0 radical (unpaired) electrons. The summed E-state index contributed by atoms with van der Waals surface area (Å²) in [4.78, 5) is 6.51. The highest BCUT2D eigenvalue weighted by molar-refractivity contribution is 9.10. The van der Waals surface area contributed by atoms with E-state index in [1.165, 1.54) is 5.56 Å². The van der Waals surface area contributed by atoms with E-state index in [0.29, 0.717) is 6.04 Å². The minimum Gasteiger partial charge on any atom is -0.314 e. The summed E-state index contributed by atoms with van der Waals surface area (Å²) in [6, 6.07) is 2.81. The minimum absolute atomic E-state index is 0.689. The summed E-state index contributed by atoms with van der Waals surface area (Å²) in [6.45, 7) is 3.19. The van der Waals surface area contributed by atoms with Gasteiger partial charge in [0.25, 0.3) is 0 Å². The van der Waals surface area contributed by atoms with Gasteiger partial charge in [0.1, 0.15) is 0 Å². The third kappa shape index (κ3) is 2.32. The van der Waals surface area contributed by atoms with Crippen LogP contribution in [0.3, 0.4) is 0 Å². The van der Waals surface area contributed by atoms with E-state index in [1.807, 2.05) is 12.4 Å². The highest BCUT2D eigenvalue weighted by atomic mass is 79.9. The van der Waals surface area contributed by atoms with Gasteiger partial charge in [-0.15, -0.1) is 0 Å². The summed E-state index contributed by atoms with van der Waals surface area (Å²) in [6.07, 6.45) is 3.74. The Balaban J connectivity index is 1.95. The van der Waals surface area contributed by atoms with Gasteiger partial charge in [-0.3, -0.25) is 9.88 Å². The molecule has 1 aromatic heterocycles. The van der Waals surface area contributed by atoms with Crippen molar-refractivity contribution < 1.29 is 0 Å². The van der Waals surface area contributed by atoms with Crippen LogP contribution in [0.2, 0.25) is 0 Å². The van der Waals surface area contributed by atoms with E-state index in [-0.39, 0.29) is 0 Å². The smallest absolute Gasteiger partial charge is 0.0410 e. The van der Waals surface area contributed by atoms with Gasteiger partial charge in [-0.1, -0.05) is 0 Å². The Labute approximate surface area is 92.6 Å². The number of aromatic nitrogens is 1. The molecule has 0 amide bonds. The zero-order valence-electron chi connectivity index (χ0n) is 8.20. The Morgan fingerprint density at radius 3 is 2.93 bits per heavy atom. The van der Waals surface area contributed by atoms with Crippen LogP contribution in [0.4, 0.5) is 0 Å². The second-order valence-electron chi connectivity index (χ2n) is 3.74. The van der Waals surface area contributed by atoms with Crippen molar-refractivity contribution in [1.29, 1.82) is 0 Å². The summed E-state index contributed by atoms with van der Waals surface area (Å²) in [5.74, 6) is 0. The molecule has 1 aromatic rings. The van der Waals surface area contributed by atoms with E-state index < -0.39 is 0 Å². The van der Waals surface area contributed by atoms with E-state index in [1.54, 1.807) is 0 Å². The number of nitrogens with zero attached hydrogens (tertiary/aromatic N) is 2. The lowest BCUT2D eigenvalue weighted by Crippen LogP contribution is -2.55. The van der Waals surface area contributed by atoms with E-state index >= 15 is 0 Å². The third-order valence-corrected chi connectivity index (χ3v) is 3.01. The van der Waals surface area contributed by atoms with E-state index in [4.69, 9.17) is 0 Å². The highest BCUT2D eigenvalue weighted by Gasteiger charge is 2.21. The maximum atomic E-state index is 4.15. The molecule has 0 aromatic carbocycles. The molecule has 2 rings (SSSR count). The number of likely N-dealkylation sites (N-methyl/N-ethyl adjacent to an activating group) is 1. The van der Waals surface area contributed by atoms with Crippen LogP contribution in [0.15, 0.2) is 22.9 Å². The Bertz CT molecular complexity index is 312. The fourth-order valence-corrected chi connectivity index (χ4v) is 1.96. The molecule has 1 fully saturated rings. The molecule has 76 valence electrons. The van der Waals surface area contributed by atoms with Gasteiger partial charge in [-0.05, 0) is 34.6 Å². The van der Waals surface area contributed by atoms with Crippen LogP contribution in [0, 0.1) is 0 Å². The molecule has 0 saturated carbocycles. The molecule has 0 unspecified atom stereocenters. The van der Waals surface area contributed by atoms with Gasteiger partial charge < -0.3 is 5.32 Å². The third-order valence-electron chi connectivity index (χ3n) is 2.58. The largest absolute Gasteiger partial charge is 0.314 e. The van der Waals surface area contributed by atoms with Crippen molar-refractivity contribution in [1.82, 2.24) is 15.2 Å². The molecule has 0 aliphatic carbocycles. The lowest BCUT2D eigenvalue weighted by atomic mass is 10.1. The average Bonchev–Trinajstić information content (AvgIpc) is 1.99. The lowest BCUT2D eigenvalue weighted by molar-refractivity contribution is 0.173. The first-order valence-corrected chi connectivity index (χ1v) is 5.55. The van der Waals surface area contributed by atoms with Gasteiger partial charge in [0.05, 0.1) is 0 Å². The quantitative estimate of drug-likeness (QED) is 0.882. The van der Waals surface area contributed by atoms with Crippen LogP contribution in [0.25, 0.3) is 0 Å². The zero-order valence-corrected chi connectivity index (χ0v) is 9.79. The van der Waals surface area contributed by atoms with Crippen LogP contribution in [0.5, 0.6) is 0 Å². The Morgan fingerprint density at radius 1 is 1.57 bits per heavy atom. The topological polar surface area (TPSA) is 28.2 Å². The summed E-state index contributed by atoms with van der Waals surface area (Å²) >= 11 is 3.43. The molecule has 0 spiro atoms. The molecule has 1 saturated heterocycles. The Kier molecular flexibility index (Phi) is 3.15. The molecule has 14 heavy (non-hydrogen) atoms. The standard InChI is InChI=1S/C10H14BrN3/c1-14(10-5-13-6-10)7-8-2-9(11)4-12-3-8/h2-4,10,13H,5-7H2,1H3. The van der Waals surface area contributed by atoms with Crippen molar-refractivity contribution in [2.75, 3.05) is 20.1 Å². The molecule has 1 aliphatic heterocycles. The first-order chi connectivity index (χ1) is 6.75. The first kappa shape index (κ1) is 10.1. The molecule has 1 N–H and O–H groups in total. The molecule has 1 aliphatic rings. The molecular weight excluding hydrogens is 242 g/mol. The predicted octanol–water partition coefficient (Wildman–Crippen LogP) is 1.25. The maximum absolute atomic E-state index is 4.15. The zero-order chi connectivity index (χ0) is 9.97. The Hall–Kier alpha value is -0.450. The number of pyridine rings is 1. The van der Waals surface area contributed by atoms with E-state index in [9.17, 15) is 0 Å². The van der Waals surface area contributed by atoms with Gasteiger partial charge in [0.15, 0.2) is 0 Å². The number of rotatable bonds is 3. The maximum Gasteiger partial charge on any atom is 0.0410 e. The van der Waals surface area contributed by atoms with Gasteiger partial charge in [-0.2, -0.15) is 0 Å². The van der Waals surface area contributed by atoms with Crippen molar-refractivity contribution in [2.45, 2.75) is 12.6 Å². The van der Waals surface area contributed by atoms with Gasteiger partial charge in [-0.25, -0.2) is 0 Å². The van der Waals surface area contributed by atoms with Crippen molar-refractivity contribution in [3.8, 4) is 0 Å². The number of hydrogen-bond acceptors (Lipinski definition) is 3. The van der Waals surface area contributed by atoms with Gasteiger partial charge in [0, 0.05) is 42.5 Å². The van der Waals surface area contributed by atoms with Gasteiger partial charge in [0.2, 0.25) is 0 Å². The lowest BCUT2D eigenvalue weighted by Gasteiger charge is -2.35. The van der Waals surface area contributed by atoms with Crippen molar-refractivity contribution >= 4 is 15.9 Å². The van der Waals surface area contributed by atoms with Crippen molar-refractivity contribution in [3.05, 3.63) is 28.5 Å². The summed E-state index contributed by atoms with van der Waals surface area (Å²) < 4.78 is 1.05. The summed E-state index contributed by atoms with van der Waals surface area (Å²) in [5.41, 5.74) is 1.26. The molecule has 0 atom stereocenters. The van der Waals surface area contributed by atoms with Crippen LogP contribution >= 0.6 is 15.9 Å². The molecular formula is C10H14BrN3. The SMILES string of the molecule is CN(Cc1cncc(Br)c1)C1CNC1. The normalized spacial score (nSPS) is 17.1. The number of hydrogen-bond donors (Lipinski definition) is 1. The van der Waals surface area contributed by atoms with Crippen LogP contribution < -0.4 is 5.32 Å². The predicted molar refractivity (Wildman–Crippen MR) is 60.1 cm³/mol. The second-order valence-corrected chi connectivity index (χ2v) is 4.65. The van der Waals surface area contributed by atoms with E-state index in [0.717, 1.165) is 24.1 Å². The second kappa shape index (κ2) is 4.38. The number of halogens is 1. The minimum atomic E-state index is 0.689. The first-order valence-electron chi connectivity index (χ1n) is 4.76. The van der Waals surface area contributed by atoms with Crippen LogP contribution in [0.1, 0.15) is 5.56 Å². The van der Waals surface area contributed by atoms with Crippen LogP contribution in [-0.4, -0.2) is 36.1 Å². The summed E-state index contributed by atoms with van der Waals surface area (Å²) in [7, 11) is 2.16. The Morgan fingerprint density at radius 2 is 2.36 bits per heavy atom. The van der Waals surface area contributed by atoms with E-state index in [2.05, 4.69) is 44.2 Å². The summed E-state index contributed by atoms with van der Waals surface area (Å²) in [5, 5.41) is 3.27.